The van der Waals surface area contributed by atoms with E-state index in [1.165, 1.54) is 0 Å². The van der Waals surface area contributed by atoms with Crippen molar-refractivity contribution < 1.29 is 9.90 Å². The van der Waals surface area contributed by atoms with Gasteiger partial charge in [-0.15, -0.1) is 0 Å². The van der Waals surface area contributed by atoms with E-state index in [0.717, 1.165) is 24.4 Å². The molecule has 1 aliphatic rings. The van der Waals surface area contributed by atoms with E-state index in [1.54, 1.807) is 13.4 Å². The van der Waals surface area contributed by atoms with Gasteiger partial charge in [0.25, 0.3) is 0 Å². The van der Waals surface area contributed by atoms with E-state index in [1.807, 2.05) is 13.0 Å². The monoisotopic (exact) mass is 278 g/mol. The number of carbonyl (C=O) groups excluding carboxylic acids is 1. The zero-order valence-corrected chi connectivity index (χ0v) is 12.1. The number of carbonyl (C=O) groups is 1. The summed E-state index contributed by atoms with van der Waals surface area (Å²) in [6.45, 7) is 4.03. The maximum absolute atomic E-state index is 11.5. The number of aliphatic hydroxyl groups is 1. The van der Waals surface area contributed by atoms with Gasteiger partial charge in [0, 0.05) is 25.8 Å². The van der Waals surface area contributed by atoms with Gasteiger partial charge in [-0.25, -0.2) is 9.97 Å². The van der Waals surface area contributed by atoms with Crippen LogP contribution in [0.3, 0.4) is 0 Å². The Labute approximate surface area is 119 Å². The lowest BCUT2D eigenvalue weighted by Gasteiger charge is -2.38. The number of aromatic nitrogens is 2. The lowest BCUT2D eigenvalue weighted by atomic mass is 9.89. The minimum absolute atomic E-state index is 0.118. The first-order valence-corrected chi connectivity index (χ1v) is 6.94. The number of amides is 1. The van der Waals surface area contributed by atoms with E-state index in [0.29, 0.717) is 19.5 Å². The Hall–Kier alpha value is -1.53. The number of nitrogens with zero attached hydrogens (tertiary/aromatic N) is 3. The maximum atomic E-state index is 11.5. The first-order valence-electron chi connectivity index (χ1n) is 6.94. The van der Waals surface area contributed by atoms with Crippen LogP contribution in [-0.4, -0.2) is 51.6 Å². The largest absolute Gasteiger partial charge is 0.388 e. The zero-order chi connectivity index (χ0) is 14.6. The predicted molar refractivity (Wildman–Crippen MR) is 74.9 cm³/mol. The van der Waals surface area contributed by atoms with Crippen LogP contribution in [0.2, 0.25) is 0 Å². The molecular formula is C14H22N4O2. The SMILES string of the molecule is CNC(=O)CC1(O)CCCN(Cc2cc(C)ncn2)C1. The van der Waals surface area contributed by atoms with Gasteiger partial charge in [0.15, 0.2) is 0 Å². The number of piperidine rings is 1. The highest BCUT2D eigenvalue weighted by Crippen LogP contribution is 2.25. The third kappa shape index (κ3) is 3.98. The second-order valence-corrected chi connectivity index (χ2v) is 5.54. The average Bonchev–Trinajstić information content (AvgIpc) is 2.38. The van der Waals surface area contributed by atoms with Gasteiger partial charge < -0.3 is 10.4 Å². The Balaban J connectivity index is 1.98. The summed E-state index contributed by atoms with van der Waals surface area (Å²) in [6, 6.07) is 1.95. The van der Waals surface area contributed by atoms with Crippen molar-refractivity contribution in [1.82, 2.24) is 20.2 Å². The van der Waals surface area contributed by atoms with Crippen molar-refractivity contribution in [3.05, 3.63) is 23.8 Å². The Morgan fingerprint density at radius 2 is 2.35 bits per heavy atom. The van der Waals surface area contributed by atoms with Crippen molar-refractivity contribution in [2.75, 3.05) is 20.1 Å². The minimum atomic E-state index is -0.930. The van der Waals surface area contributed by atoms with Gasteiger partial charge in [0.05, 0.1) is 17.7 Å². The van der Waals surface area contributed by atoms with E-state index in [9.17, 15) is 9.90 Å². The maximum Gasteiger partial charge on any atom is 0.222 e. The molecule has 6 nitrogen and oxygen atoms in total. The van der Waals surface area contributed by atoms with E-state index in [2.05, 4.69) is 20.2 Å². The predicted octanol–water partition coefficient (Wildman–Crippen LogP) is 0.248. The number of nitrogens with one attached hydrogen (secondary N) is 1. The molecule has 1 aromatic rings. The Bertz CT molecular complexity index is 480. The molecule has 2 heterocycles. The molecule has 20 heavy (non-hydrogen) atoms. The quantitative estimate of drug-likeness (QED) is 0.825. The highest BCUT2D eigenvalue weighted by atomic mass is 16.3. The van der Waals surface area contributed by atoms with Crippen LogP contribution in [0.4, 0.5) is 0 Å². The summed E-state index contributed by atoms with van der Waals surface area (Å²) in [5.41, 5.74) is 0.953. The molecule has 1 aromatic heterocycles. The summed E-state index contributed by atoms with van der Waals surface area (Å²) in [7, 11) is 1.59. The highest BCUT2D eigenvalue weighted by molar-refractivity contribution is 5.76. The molecule has 1 aliphatic heterocycles. The number of rotatable bonds is 4. The van der Waals surface area contributed by atoms with Gasteiger partial charge in [0.1, 0.15) is 6.33 Å². The van der Waals surface area contributed by atoms with Crippen LogP contribution in [0.5, 0.6) is 0 Å². The third-order valence-electron chi connectivity index (χ3n) is 3.65. The normalized spacial score (nSPS) is 23.6. The van der Waals surface area contributed by atoms with Crippen molar-refractivity contribution in [2.24, 2.45) is 0 Å². The van der Waals surface area contributed by atoms with E-state index in [4.69, 9.17) is 0 Å². The fraction of sp³-hybridized carbons (Fsp3) is 0.643. The number of hydrogen-bond acceptors (Lipinski definition) is 5. The number of β-amino-alcohol motifs (C(OH)–C–C–N with tert-alkyl or cyclic N) is 1. The molecule has 2 N–H and O–H groups in total. The fourth-order valence-electron chi connectivity index (χ4n) is 2.70. The molecule has 6 heteroatoms. The summed E-state index contributed by atoms with van der Waals surface area (Å²) in [5.74, 6) is -0.118. The topological polar surface area (TPSA) is 78.4 Å². The Morgan fingerprint density at radius 1 is 1.55 bits per heavy atom. The first-order chi connectivity index (χ1) is 9.50. The lowest BCUT2D eigenvalue weighted by Crippen LogP contribution is -2.49. The van der Waals surface area contributed by atoms with Gasteiger partial charge in [0.2, 0.25) is 5.91 Å². The van der Waals surface area contributed by atoms with Gasteiger partial charge in [-0.3, -0.25) is 9.69 Å². The molecule has 2 rings (SSSR count). The molecule has 1 amide bonds. The van der Waals surface area contributed by atoms with E-state index in [-0.39, 0.29) is 12.3 Å². The standard InChI is InChI=1S/C14H22N4O2/c1-11-6-12(17-10-16-11)8-18-5-3-4-14(20,9-18)7-13(19)15-2/h6,10,20H,3-5,7-9H2,1-2H3,(H,15,19). The average molecular weight is 278 g/mol. The van der Waals surface area contributed by atoms with Gasteiger partial charge in [-0.2, -0.15) is 0 Å². The Morgan fingerprint density at radius 3 is 3.05 bits per heavy atom. The minimum Gasteiger partial charge on any atom is -0.388 e. The second kappa shape index (κ2) is 6.28. The smallest absolute Gasteiger partial charge is 0.222 e. The summed E-state index contributed by atoms with van der Waals surface area (Å²) in [5, 5.41) is 13.1. The van der Waals surface area contributed by atoms with E-state index >= 15 is 0 Å². The van der Waals surface area contributed by atoms with Crippen LogP contribution < -0.4 is 5.32 Å². The molecule has 1 unspecified atom stereocenters. The second-order valence-electron chi connectivity index (χ2n) is 5.54. The van der Waals surface area contributed by atoms with Crippen molar-refractivity contribution in [3.63, 3.8) is 0 Å². The van der Waals surface area contributed by atoms with Crippen LogP contribution >= 0.6 is 0 Å². The zero-order valence-electron chi connectivity index (χ0n) is 12.1. The van der Waals surface area contributed by atoms with Crippen molar-refractivity contribution in [3.8, 4) is 0 Å². The van der Waals surface area contributed by atoms with Crippen molar-refractivity contribution in [2.45, 2.75) is 38.3 Å². The molecular weight excluding hydrogens is 256 g/mol. The number of aryl methyl sites for hydroxylation is 1. The molecule has 1 fully saturated rings. The van der Waals surface area contributed by atoms with Crippen molar-refractivity contribution in [1.29, 1.82) is 0 Å². The first kappa shape index (κ1) is 14.9. The molecule has 0 radical (unpaired) electrons. The summed E-state index contributed by atoms with van der Waals surface area (Å²) in [4.78, 5) is 22.0. The molecule has 110 valence electrons. The molecule has 0 aliphatic carbocycles. The fourth-order valence-corrected chi connectivity index (χ4v) is 2.70. The molecule has 0 aromatic carbocycles. The van der Waals surface area contributed by atoms with Crippen LogP contribution in [0.1, 0.15) is 30.7 Å². The van der Waals surface area contributed by atoms with E-state index < -0.39 is 5.60 Å². The summed E-state index contributed by atoms with van der Waals surface area (Å²) >= 11 is 0. The van der Waals surface area contributed by atoms with Crippen LogP contribution in [-0.2, 0) is 11.3 Å². The number of likely N-dealkylation sites (tertiary alicyclic amines) is 1. The Kier molecular flexibility index (Phi) is 4.67. The summed E-state index contributed by atoms with van der Waals surface area (Å²) < 4.78 is 0. The van der Waals surface area contributed by atoms with Crippen LogP contribution in [0, 0.1) is 6.92 Å². The third-order valence-corrected chi connectivity index (χ3v) is 3.65. The molecule has 1 atom stereocenters. The van der Waals surface area contributed by atoms with Gasteiger partial charge in [-0.1, -0.05) is 0 Å². The van der Waals surface area contributed by atoms with Gasteiger partial charge >= 0.3 is 0 Å². The number of hydrogen-bond donors (Lipinski definition) is 2. The van der Waals surface area contributed by atoms with Gasteiger partial charge in [-0.05, 0) is 32.4 Å². The molecule has 0 bridgehead atoms. The highest BCUT2D eigenvalue weighted by Gasteiger charge is 2.35. The van der Waals surface area contributed by atoms with Crippen LogP contribution in [0.15, 0.2) is 12.4 Å². The molecule has 1 saturated heterocycles. The van der Waals surface area contributed by atoms with Crippen molar-refractivity contribution >= 4 is 5.91 Å². The lowest BCUT2D eigenvalue weighted by molar-refractivity contribution is -0.128. The van der Waals surface area contributed by atoms with Crippen LogP contribution in [0.25, 0.3) is 0 Å². The molecule has 0 saturated carbocycles. The summed E-state index contributed by atoms with van der Waals surface area (Å²) in [6.07, 6.45) is 3.27. The molecule has 0 spiro atoms.